The summed E-state index contributed by atoms with van der Waals surface area (Å²) in [6, 6.07) is 0. The van der Waals surface area contributed by atoms with Gasteiger partial charge in [-0.1, -0.05) is 65.7 Å². The molecule has 1 rings (SSSR count). The molecule has 106 valence electrons. The predicted molar refractivity (Wildman–Crippen MR) is 86.8 cm³/mol. The van der Waals surface area contributed by atoms with E-state index in [9.17, 15) is 0 Å². The van der Waals surface area contributed by atoms with Crippen LogP contribution in [0, 0.1) is 0 Å². The molecule has 1 heteroatoms. The van der Waals surface area contributed by atoms with Gasteiger partial charge in [0.15, 0.2) is 0 Å². The molecule has 0 N–H and O–H groups in total. The first-order chi connectivity index (χ1) is 8.44. The molecule has 0 aliphatic heterocycles. The molecule has 1 aliphatic rings. The Bertz CT molecular complexity index is 252. The quantitative estimate of drug-likeness (QED) is 0.510. The van der Waals surface area contributed by atoms with E-state index in [0.717, 1.165) is 16.6 Å². The lowest BCUT2D eigenvalue weighted by atomic mass is 10.1. The standard InChI is InChI=1S/C17H34Si/c1-14(2)18(15(3)4,16(5)6)17-12-10-8-7-9-11-13-17/h12,14-16H,7-11,13H2,1-6H3/b17-12+. The van der Waals surface area contributed by atoms with Crippen molar-refractivity contribution in [3.8, 4) is 0 Å². The minimum Gasteiger partial charge on any atom is -0.0891 e. The molecular formula is C17H34Si. The molecule has 0 saturated carbocycles. The second-order valence-corrected chi connectivity index (χ2v) is 13.1. The second kappa shape index (κ2) is 6.93. The van der Waals surface area contributed by atoms with Crippen molar-refractivity contribution in [2.75, 3.05) is 0 Å². The van der Waals surface area contributed by atoms with Crippen molar-refractivity contribution in [1.29, 1.82) is 0 Å². The van der Waals surface area contributed by atoms with Gasteiger partial charge in [-0.15, -0.1) is 0 Å². The molecule has 1 aliphatic carbocycles. The predicted octanol–water partition coefficient (Wildman–Crippen LogP) is 6.49. The molecular weight excluding hydrogens is 232 g/mol. The largest absolute Gasteiger partial charge is 0.0891 e. The van der Waals surface area contributed by atoms with Crippen LogP contribution in [0.15, 0.2) is 11.3 Å². The third-order valence-electron chi connectivity index (χ3n) is 5.21. The minimum atomic E-state index is -1.32. The van der Waals surface area contributed by atoms with Gasteiger partial charge in [-0.05, 0) is 42.3 Å². The van der Waals surface area contributed by atoms with Gasteiger partial charge in [0, 0.05) is 0 Å². The zero-order valence-corrected chi connectivity index (χ0v) is 14.6. The van der Waals surface area contributed by atoms with E-state index in [1.807, 2.05) is 5.20 Å². The monoisotopic (exact) mass is 266 g/mol. The van der Waals surface area contributed by atoms with Crippen LogP contribution < -0.4 is 0 Å². The van der Waals surface area contributed by atoms with Crippen molar-refractivity contribution in [2.24, 2.45) is 0 Å². The van der Waals surface area contributed by atoms with Crippen LogP contribution in [0.5, 0.6) is 0 Å². The molecule has 0 bridgehead atoms. The number of allylic oxidation sites excluding steroid dienone is 2. The summed E-state index contributed by atoms with van der Waals surface area (Å²) in [7, 11) is -1.32. The molecule has 0 unspecified atom stereocenters. The smallest absolute Gasteiger partial charge is 0.0886 e. The Hall–Kier alpha value is -0.0431. The normalized spacial score (nSPS) is 21.9. The highest BCUT2D eigenvalue weighted by Gasteiger charge is 2.45. The molecule has 0 aromatic heterocycles. The van der Waals surface area contributed by atoms with E-state index < -0.39 is 8.07 Å². The van der Waals surface area contributed by atoms with E-state index in [1.165, 1.54) is 38.5 Å². The molecule has 0 nitrogen and oxygen atoms in total. The first kappa shape index (κ1) is 16.0. The van der Waals surface area contributed by atoms with Gasteiger partial charge < -0.3 is 0 Å². The summed E-state index contributed by atoms with van der Waals surface area (Å²) in [5.41, 5.74) is 2.63. The summed E-state index contributed by atoms with van der Waals surface area (Å²) in [5.74, 6) is 0. The van der Waals surface area contributed by atoms with Gasteiger partial charge in [0.05, 0.1) is 8.07 Å². The lowest BCUT2D eigenvalue weighted by molar-refractivity contribution is 0.627. The van der Waals surface area contributed by atoms with Gasteiger partial charge in [0.2, 0.25) is 0 Å². The van der Waals surface area contributed by atoms with Gasteiger partial charge >= 0.3 is 0 Å². The highest BCUT2D eigenvalue weighted by Crippen LogP contribution is 2.48. The van der Waals surface area contributed by atoms with Crippen LogP contribution in [-0.2, 0) is 0 Å². The lowest BCUT2D eigenvalue weighted by Gasteiger charge is -2.46. The van der Waals surface area contributed by atoms with Gasteiger partial charge in [-0.25, -0.2) is 0 Å². The first-order valence-electron chi connectivity index (χ1n) is 8.13. The van der Waals surface area contributed by atoms with Gasteiger partial charge in [-0.3, -0.25) is 0 Å². The van der Waals surface area contributed by atoms with Gasteiger partial charge in [-0.2, -0.15) is 0 Å². The summed E-state index contributed by atoms with van der Waals surface area (Å²) in [5, 5.41) is 1.92. The lowest BCUT2D eigenvalue weighted by Crippen LogP contribution is -2.47. The molecule has 0 atom stereocenters. The molecule has 0 saturated heterocycles. The molecule has 0 aromatic rings. The van der Waals surface area contributed by atoms with E-state index in [2.05, 4.69) is 47.6 Å². The van der Waals surface area contributed by atoms with Crippen LogP contribution >= 0.6 is 0 Å². The van der Waals surface area contributed by atoms with Gasteiger partial charge in [0.25, 0.3) is 0 Å². The minimum absolute atomic E-state index is 0.878. The Morgan fingerprint density at radius 3 is 1.78 bits per heavy atom. The van der Waals surface area contributed by atoms with E-state index >= 15 is 0 Å². The first-order valence-corrected chi connectivity index (χ1v) is 10.4. The highest BCUT2D eigenvalue weighted by atomic mass is 28.3. The van der Waals surface area contributed by atoms with Crippen LogP contribution in [-0.4, -0.2) is 8.07 Å². The third kappa shape index (κ3) is 3.10. The summed E-state index contributed by atoms with van der Waals surface area (Å²) in [4.78, 5) is 0. The van der Waals surface area contributed by atoms with Crippen LogP contribution in [0.1, 0.15) is 80.1 Å². The topological polar surface area (TPSA) is 0 Å². The van der Waals surface area contributed by atoms with Crippen LogP contribution in [0.3, 0.4) is 0 Å². The van der Waals surface area contributed by atoms with Crippen molar-refractivity contribution >= 4 is 8.07 Å². The van der Waals surface area contributed by atoms with Crippen LogP contribution in [0.4, 0.5) is 0 Å². The highest BCUT2D eigenvalue weighted by molar-refractivity contribution is 6.89. The zero-order valence-electron chi connectivity index (χ0n) is 13.6. The maximum absolute atomic E-state index is 2.67. The maximum atomic E-state index is 2.67. The zero-order chi connectivity index (χ0) is 13.8. The molecule has 0 heterocycles. The summed E-state index contributed by atoms with van der Waals surface area (Å²) in [6.07, 6.45) is 11.2. The van der Waals surface area contributed by atoms with Crippen LogP contribution in [0.25, 0.3) is 0 Å². The van der Waals surface area contributed by atoms with Gasteiger partial charge in [0.1, 0.15) is 0 Å². The number of hydrogen-bond acceptors (Lipinski definition) is 0. The Kier molecular flexibility index (Phi) is 6.17. The SMILES string of the molecule is CC(C)[Si](/C1=C/CCCCCC1)(C(C)C)C(C)C. The average molecular weight is 267 g/mol. The Morgan fingerprint density at radius 2 is 1.28 bits per heavy atom. The fourth-order valence-electron chi connectivity index (χ4n) is 4.70. The van der Waals surface area contributed by atoms with E-state index in [0.29, 0.717) is 0 Å². The molecule has 0 radical (unpaired) electrons. The van der Waals surface area contributed by atoms with Crippen LogP contribution in [0.2, 0.25) is 16.6 Å². The summed E-state index contributed by atoms with van der Waals surface area (Å²) < 4.78 is 0. The molecule has 0 amide bonds. The molecule has 0 spiro atoms. The Morgan fingerprint density at radius 1 is 0.778 bits per heavy atom. The van der Waals surface area contributed by atoms with Crippen molar-refractivity contribution in [3.63, 3.8) is 0 Å². The Balaban J connectivity index is 3.14. The number of hydrogen-bond donors (Lipinski definition) is 0. The van der Waals surface area contributed by atoms with E-state index in [1.54, 1.807) is 0 Å². The van der Waals surface area contributed by atoms with E-state index in [-0.39, 0.29) is 0 Å². The molecule has 18 heavy (non-hydrogen) atoms. The maximum Gasteiger partial charge on any atom is 0.0886 e. The van der Waals surface area contributed by atoms with Crippen molar-refractivity contribution in [3.05, 3.63) is 11.3 Å². The average Bonchev–Trinajstić information content (AvgIpc) is 2.19. The molecule has 0 aromatic carbocycles. The summed E-state index contributed by atoms with van der Waals surface area (Å²) in [6.45, 7) is 15.0. The van der Waals surface area contributed by atoms with E-state index in [4.69, 9.17) is 0 Å². The van der Waals surface area contributed by atoms with Crippen molar-refractivity contribution < 1.29 is 0 Å². The van der Waals surface area contributed by atoms with Crippen molar-refractivity contribution in [2.45, 2.75) is 96.7 Å². The fourth-order valence-corrected chi connectivity index (χ4v) is 12.0. The fraction of sp³-hybridized carbons (Fsp3) is 0.882. The molecule has 0 fully saturated rings. The van der Waals surface area contributed by atoms with Crippen molar-refractivity contribution in [1.82, 2.24) is 0 Å². The third-order valence-corrected chi connectivity index (χ3v) is 12.5. The number of rotatable bonds is 4. The second-order valence-electron chi connectivity index (χ2n) is 7.08. The summed E-state index contributed by atoms with van der Waals surface area (Å²) >= 11 is 0. The Labute approximate surface area is 116 Å².